The van der Waals surface area contributed by atoms with Crippen molar-refractivity contribution in [2.45, 2.75) is 52.0 Å². The lowest BCUT2D eigenvalue weighted by atomic mass is 9.90. The van der Waals surface area contributed by atoms with Gasteiger partial charge in [-0.2, -0.15) is 0 Å². The summed E-state index contributed by atoms with van der Waals surface area (Å²) in [4.78, 5) is 2.65. The molecule has 19 heavy (non-hydrogen) atoms. The van der Waals surface area contributed by atoms with Crippen LogP contribution in [-0.2, 0) is 4.74 Å². The second-order valence-electron chi connectivity index (χ2n) is 6.46. The van der Waals surface area contributed by atoms with Crippen molar-refractivity contribution < 1.29 is 4.74 Å². The predicted octanol–water partition coefficient (Wildman–Crippen LogP) is 2.51. The Bertz CT molecular complexity index is 239. The van der Waals surface area contributed by atoms with E-state index in [1.807, 2.05) is 0 Å². The van der Waals surface area contributed by atoms with Gasteiger partial charge in [0.25, 0.3) is 0 Å². The Morgan fingerprint density at radius 2 is 2.05 bits per heavy atom. The van der Waals surface area contributed by atoms with Crippen LogP contribution in [0.1, 0.15) is 46.0 Å². The molecule has 112 valence electrons. The molecule has 0 spiro atoms. The van der Waals surface area contributed by atoms with E-state index in [9.17, 15) is 0 Å². The first kappa shape index (κ1) is 15.3. The third kappa shape index (κ3) is 5.05. The number of nitrogens with one attached hydrogen (secondary N) is 1. The molecule has 0 radical (unpaired) electrons. The maximum atomic E-state index is 5.43. The molecule has 2 rings (SSSR count). The van der Waals surface area contributed by atoms with Gasteiger partial charge in [-0.25, -0.2) is 0 Å². The van der Waals surface area contributed by atoms with E-state index in [-0.39, 0.29) is 0 Å². The maximum Gasteiger partial charge on any atom is 0.0469 e. The molecule has 1 N–H and O–H groups in total. The lowest BCUT2D eigenvalue weighted by Gasteiger charge is -2.36. The Balaban J connectivity index is 1.67. The minimum absolute atomic E-state index is 0.669. The number of nitrogens with zero attached hydrogens (tertiary/aromatic N) is 1. The summed E-state index contributed by atoms with van der Waals surface area (Å²) in [7, 11) is 0. The molecule has 0 saturated carbocycles. The third-order valence-electron chi connectivity index (χ3n) is 4.86. The van der Waals surface area contributed by atoms with E-state index in [4.69, 9.17) is 4.74 Å². The lowest BCUT2D eigenvalue weighted by Crippen LogP contribution is -2.46. The van der Waals surface area contributed by atoms with E-state index in [0.29, 0.717) is 6.04 Å². The van der Waals surface area contributed by atoms with Gasteiger partial charge in [0.05, 0.1) is 0 Å². The van der Waals surface area contributed by atoms with Crippen LogP contribution < -0.4 is 5.32 Å². The molecule has 2 saturated heterocycles. The average Bonchev–Trinajstić information content (AvgIpc) is 2.46. The average molecular weight is 268 g/mol. The molecule has 2 atom stereocenters. The molecule has 3 heteroatoms. The molecule has 2 heterocycles. The molecule has 3 nitrogen and oxygen atoms in total. The quantitative estimate of drug-likeness (QED) is 0.801. The van der Waals surface area contributed by atoms with Gasteiger partial charge in [0, 0.05) is 25.8 Å². The molecule has 0 aliphatic carbocycles. The highest BCUT2D eigenvalue weighted by atomic mass is 16.5. The first-order valence-corrected chi connectivity index (χ1v) is 8.33. The van der Waals surface area contributed by atoms with E-state index in [1.54, 1.807) is 0 Å². The van der Waals surface area contributed by atoms with E-state index in [0.717, 1.165) is 25.0 Å². The van der Waals surface area contributed by atoms with Gasteiger partial charge in [0.15, 0.2) is 0 Å². The normalized spacial score (nSPS) is 28.4. The van der Waals surface area contributed by atoms with Crippen LogP contribution in [-0.4, -0.2) is 50.3 Å². The Kier molecular flexibility index (Phi) is 6.62. The van der Waals surface area contributed by atoms with Crippen molar-refractivity contribution in [2.75, 3.05) is 39.4 Å². The molecular weight excluding hydrogens is 236 g/mol. The van der Waals surface area contributed by atoms with E-state index in [2.05, 4.69) is 24.1 Å². The number of rotatable bonds is 6. The summed E-state index contributed by atoms with van der Waals surface area (Å²) in [6, 6.07) is 0.669. The summed E-state index contributed by atoms with van der Waals surface area (Å²) in [5.41, 5.74) is 0. The zero-order valence-corrected chi connectivity index (χ0v) is 12.9. The summed E-state index contributed by atoms with van der Waals surface area (Å²) in [5.74, 6) is 1.69. The zero-order chi connectivity index (χ0) is 13.5. The van der Waals surface area contributed by atoms with Gasteiger partial charge >= 0.3 is 0 Å². The van der Waals surface area contributed by atoms with Crippen LogP contribution >= 0.6 is 0 Å². The second kappa shape index (κ2) is 8.23. The number of hydrogen-bond donors (Lipinski definition) is 1. The van der Waals surface area contributed by atoms with Crippen molar-refractivity contribution in [3.05, 3.63) is 0 Å². The van der Waals surface area contributed by atoms with E-state index >= 15 is 0 Å². The first-order chi connectivity index (χ1) is 9.29. The van der Waals surface area contributed by atoms with Crippen molar-refractivity contribution in [3.63, 3.8) is 0 Å². The molecular formula is C16H32N2O. The van der Waals surface area contributed by atoms with Crippen LogP contribution in [0.15, 0.2) is 0 Å². The van der Waals surface area contributed by atoms with Crippen LogP contribution in [0.25, 0.3) is 0 Å². The molecule has 0 amide bonds. The number of hydrogen-bond acceptors (Lipinski definition) is 3. The third-order valence-corrected chi connectivity index (χ3v) is 4.86. The van der Waals surface area contributed by atoms with Crippen molar-refractivity contribution >= 4 is 0 Å². The largest absolute Gasteiger partial charge is 0.381 e. The van der Waals surface area contributed by atoms with Crippen LogP contribution in [0, 0.1) is 11.8 Å². The summed E-state index contributed by atoms with van der Waals surface area (Å²) >= 11 is 0. The van der Waals surface area contributed by atoms with Crippen molar-refractivity contribution in [3.8, 4) is 0 Å². The Hall–Kier alpha value is -0.120. The zero-order valence-electron chi connectivity index (χ0n) is 12.9. The Labute approximate surface area is 119 Å². The van der Waals surface area contributed by atoms with Gasteiger partial charge < -0.3 is 15.0 Å². The van der Waals surface area contributed by atoms with Gasteiger partial charge in [0.2, 0.25) is 0 Å². The van der Waals surface area contributed by atoms with E-state index in [1.165, 1.54) is 58.3 Å². The van der Waals surface area contributed by atoms with Gasteiger partial charge in [-0.15, -0.1) is 0 Å². The number of likely N-dealkylation sites (tertiary alicyclic amines) is 1. The SMILES string of the molecule is CCCN1CCCC(C(C)NCC2CCOCC2)C1. The van der Waals surface area contributed by atoms with Crippen LogP contribution in [0.5, 0.6) is 0 Å². The first-order valence-electron chi connectivity index (χ1n) is 8.33. The summed E-state index contributed by atoms with van der Waals surface area (Å²) in [5, 5.41) is 3.80. The number of piperidine rings is 1. The molecule has 2 aliphatic heterocycles. The highest BCUT2D eigenvalue weighted by molar-refractivity contribution is 4.81. The molecule has 0 aromatic rings. The minimum atomic E-state index is 0.669. The summed E-state index contributed by atoms with van der Waals surface area (Å²) < 4.78 is 5.43. The van der Waals surface area contributed by atoms with E-state index < -0.39 is 0 Å². The highest BCUT2D eigenvalue weighted by Crippen LogP contribution is 2.21. The van der Waals surface area contributed by atoms with Crippen LogP contribution in [0.2, 0.25) is 0 Å². The molecule has 0 aromatic heterocycles. The summed E-state index contributed by atoms with van der Waals surface area (Å²) in [6.45, 7) is 11.7. The van der Waals surface area contributed by atoms with Crippen molar-refractivity contribution in [1.29, 1.82) is 0 Å². The fourth-order valence-corrected chi connectivity index (χ4v) is 3.49. The monoisotopic (exact) mass is 268 g/mol. The predicted molar refractivity (Wildman–Crippen MR) is 80.5 cm³/mol. The molecule has 2 aliphatic rings. The van der Waals surface area contributed by atoms with Gasteiger partial charge in [-0.1, -0.05) is 6.92 Å². The van der Waals surface area contributed by atoms with Gasteiger partial charge in [-0.05, 0) is 70.5 Å². The van der Waals surface area contributed by atoms with Gasteiger partial charge in [0.1, 0.15) is 0 Å². The Morgan fingerprint density at radius 1 is 1.26 bits per heavy atom. The maximum absolute atomic E-state index is 5.43. The smallest absolute Gasteiger partial charge is 0.0469 e. The van der Waals surface area contributed by atoms with Crippen LogP contribution in [0.3, 0.4) is 0 Å². The van der Waals surface area contributed by atoms with Crippen LogP contribution in [0.4, 0.5) is 0 Å². The number of ether oxygens (including phenoxy) is 1. The topological polar surface area (TPSA) is 24.5 Å². The molecule has 2 fully saturated rings. The minimum Gasteiger partial charge on any atom is -0.381 e. The van der Waals surface area contributed by atoms with Crippen molar-refractivity contribution in [2.24, 2.45) is 11.8 Å². The fourth-order valence-electron chi connectivity index (χ4n) is 3.49. The highest BCUT2D eigenvalue weighted by Gasteiger charge is 2.24. The van der Waals surface area contributed by atoms with Crippen molar-refractivity contribution in [1.82, 2.24) is 10.2 Å². The summed E-state index contributed by atoms with van der Waals surface area (Å²) in [6.07, 6.45) is 6.56. The van der Waals surface area contributed by atoms with Gasteiger partial charge in [-0.3, -0.25) is 0 Å². The second-order valence-corrected chi connectivity index (χ2v) is 6.46. The Morgan fingerprint density at radius 3 is 2.79 bits per heavy atom. The molecule has 2 unspecified atom stereocenters. The lowest BCUT2D eigenvalue weighted by molar-refractivity contribution is 0.0637. The molecule has 0 aromatic carbocycles. The fraction of sp³-hybridized carbons (Fsp3) is 1.00. The standard InChI is InChI=1S/C16H32N2O/c1-3-8-18-9-4-5-16(13-18)14(2)17-12-15-6-10-19-11-7-15/h14-17H,3-13H2,1-2H3. The molecule has 0 bridgehead atoms.